The number of carbonyl (C=O) groups excluding carboxylic acids is 1. The summed E-state index contributed by atoms with van der Waals surface area (Å²) in [6.45, 7) is 8.91. The molecule has 0 saturated carbocycles. The molecule has 3 heterocycles. The first-order chi connectivity index (χ1) is 17.5. The summed E-state index contributed by atoms with van der Waals surface area (Å²) >= 11 is 0. The van der Waals surface area contributed by atoms with Gasteiger partial charge in [0.1, 0.15) is 43.2 Å². The van der Waals surface area contributed by atoms with Crippen LogP contribution in [0.3, 0.4) is 0 Å². The summed E-state index contributed by atoms with van der Waals surface area (Å²) in [5.74, 6) is -2.20. The highest BCUT2D eigenvalue weighted by Crippen LogP contribution is 2.36. The van der Waals surface area contributed by atoms with E-state index < -0.39 is 73.2 Å². The van der Waals surface area contributed by atoms with Crippen molar-refractivity contribution in [3.05, 3.63) is 0 Å². The van der Waals surface area contributed by atoms with Gasteiger partial charge in [0.2, 0.25) is 6.29 Å². The third-order valence-electron chi connectivity index (χ3n) is 6.59. The Labute approximate surface area is 218 Å². The standard InChI is InChI=1S/C25H44O12/c1-6-7-8-9-10-11-18(27)33-22-20(29)19(28)15(12-26)32-23(22)37-31-14-17-21(36-25(4,5)35-17)16-13-30-24(2,3)34-16/h15-17,19-23,26,28-29H,6-14H2,1-5H3/t15-,16-,17-,19-,20+,21+,22+,23+/m1/s1. The minimum absolute atomic E-state index is 0.102. The van der Waals surface area contributed by atoms with Crippen LogP contribution in [-0.2, 0) is 43.0 Å². The molecule has 0 aromatic rings. The number of hydrogen-bond acceptors (Lipinski definition) is 12. The zero-order valence-corrected chi connectivity index (χ0v) is 22.5. The molecule has 0 aliphatic carbocycles. The van der Waals surface area contributed by atoms with Gasteiger partial charge in [0.05, 0.1) is 13.2 Å². The zero-order valence-electron chi connectivity index (χ0n) is 22.5. The number of aliphatic hydroxyl groups is 3. The van der Waals surface area contributed by atoms with Gasteiger partial charge in [-0.15, -0.1) is 0 Å². The van der Waals surface area contributed by atoms with Crippen LogP contribution in [0.1, 0.15) is 73.1 Å². The molecular weight excluding hydrogens is 492 g/mol. The van der Waals surface area contributed by atoms with Crippen LogP contribution in [0, 0.1) is 0 Å². The summed E-state index contributed by atoms with van der Waals surface area (Å²) < 4.78 is 34.5. The second kappa shape index (κ2) is 13.4. The molecule has 0 bridgehead atoms. The highest BCUT2D eigenvalue weighted by molar-refractivity contribution is 5.69. The van der Waals surface area contributed by atoms with Crippen LogP contribution in [0.5, 0.6) is 0 Å². The van der Waals surface area contributed by atoms with Crippen LogP contribution in [0.25, 0.3) is 0 Å². The first-order valence-electron chi connectivity index (χ1n) is 13.2. The maximum Gasteiger partial charge on any atom is 0.306 e. The topological polar surface area (TPSA) is 152 Å². The Hall–Kier alpha value is -0.930. The van der Waals surface area contributed by atoms with Crippen LogP contribution in [0.15, 0.2) is 0 Å². The van der Waals surface area contributed by atoms with Gasteiger partial charge in [-0.05, 0) is 34.1 Å². The van der Waals surface area contributed by atoms with E-state index in [1.54, 1.807) is 13.8 Å². The van der Waals surface area contributed by atoms with Crippen molar-refractivity contribution in [2.24, 2.45) is 0 Å². The van der Waals surface area contributed by atoms with Crippen molar-refractivity contribution < 1.29 is 58.3 Å². The molecule has 0 radical (unpaired) electrons. The lowest BCUT2D eigenvalue weighted by molar-refractivity contribution is -0.430. The van der Waals surface area contributed by atoms with Gasteiger partial charge in [-0.3, -0.25) is 4.79 Å². The van der Waals surface area contributed by atoms with Gasteiger partial charge in [0, 0.05) is 6.42 Å². The quantitative estimate of drug-likeness (QED) is 0.135. The molecule has 12 heteroatoms. The highest BCUT2D eigenvalue weighted by Gasteiger charge is 2.51. The average molecular weight is 537 g/mol. The van der Waals surface area contributed by atoms with Crippen molar-refractivity contribution in [1.82, 2.24) is 0 Å². The Balaban J connectivity index is 1.57. The Bertz CT molecular complexity index is 716. The Morgan fingerprint density at radius 2 is 1.68 bits per heavy atom. The maximum atomic E-state index is 12.4. The highest BCUT2D eigenvalue weighted by atomic mass is 17.2. The molecule has 0 unspecified atom stereocenters. The molecule has 3 aliphatic heterocycles. The largest absolute Gasteiger partial charge is 0.454 e. The van der Waals surface area contributed by atoms with Crippen molar-refractivity contribution in [3.8, 4) is 0 Å². The summed E-state index contributed by atoms with van der Waals surface area (Å²) in [5, 5.41) is 30.4. The predicted molar refractivity (Wildman–Crippen MR) is 127 cm³/mol. The minimum atomic E-state index is -1.55. The van der Waals surface area contributed by atoms with E-state index in [1.807, 2.05) is 13.8 Å². The molecule has 3 N–H and O–H groups in total. The van der Waals surface area contributed by atoms with Crippen LogP contribution in [0.2, 0.25) is 0 Å². The van der Waals surface area contributed by atoms with E-state index in [1.165, 1.54) is 0 Å². The molecule has 0 amide bonds. The van der Waals surface area contributed by atoms with Gasteiger partial charge in [0.15, 0.2) is 17.7 Å². The number of aliphatic hydroxyl groups excluding tert-OH is 3. The van der Waals surface area contributed by atoms with Gasteiger partial charge in [-0.25, -0.2) is 9.78 Å². The monoisotopic (exact) mass is 536 g/mol. The lowest BCUT2D eigenvalue weighted by Gasteiger charge is -2.40. The molecular formula is C25H44O12. The molecule has 0 spiro atoms. The van der Waals surface area contributed by atoms with Crippen molar-refractivity contribution in [1.29, 1.82) is 0 Å². The first kappa shape index (κ1) is 30.6. The number of ether oxygens (including phenoxy) is 6. The second-order valence-corrected chi connectivity index (χ2v) is 10.7. The van der Waals surface area contributed by atoms with Crippen molar-refractivity contribution in [3.63, 3.8) is 0 Å². The molecule has 3 fully saturated rings. The molecule has 0 aromatic carbocycles. The number of hydrogen-bond donors (Lipinski definition) is 3. The van der Waals surface area contributed by atoms with E-state index >= 15 is 0 Å². The van der Waals surface area contributed by atoms with E-state index in [4.69, 9.17) is 38.2 Å². The SMILES string of the molecule is CCCCCCCC(=O)O[C@@H]1[C@H](OOC[C@H]2OC(C)(C)O[C@H]2[C@H]2COC(C)(C)O2)O[C@H](CO)[C@@H](O)[C@@H]1O. The molecule has 12 nitrogen and oxygen atoms in total. The lowest BCUT2D eigenvalue weighted by Crippen LogP contribution is -2.60. The summed E-state index contributed by atoms with van der Waals surface area (Å²) in [7, 11) is 0. The number of rotatable bonds is 13. The van der Waals surface area contributed by atoms with Gasteiger partial charge >= 0.3 is 5.97 Å². The fourth-order valence-electron chi connectivity index (χ4n) is 4.70. The van der Waals surface area contributed by atoms with Crippen LogP contribution < -0.4 is 0 Å². The van der Waals surface area contributed by atoms with Crippen molar-refractivity contribution in [2.75, 3.05) is 19.8 Å². The van der Waals surface area contributed by atoms with Crippen LogP contribution in [-0.4, -0.2) is 102 Å². The smallest absolute Gasteiger partial charge is 0.306 e. The zero-order chi connectivity index (χ0) is 27.2. The molecule has 3 rings (SSSR count). The number of esters is 1. The summed E-state index contributed by atoms with van der Waals surface area (Å²) in [4.78, 5) is 23.2. The van der Waals surface area contributed by atoms with Gasteiger partial charge in [-0.1, -0.05) is 32.6 Å². The number of carbonyl (C=O) groups is 1. The lowest BCUT2D eigenvalue weighted by atomic mass is 9.99. The fraction of sp³-hybridized carbons (Fsp3) is 0.960. The molecule has 0 aromatic heterocycles. The van der Waals surface area contributed by atoms with Crippen LogP contribution in [0.4, 0.5) is 0 Å². The molecule has 37 heavy (non-hydrogen) atoms. The van der Waals surface area contributed by atoms with E-state index in [0.29, 0.717) is 13.0 Å². The molecule has 216 valence electrons. The van der Waals surface area contributed by atoms with E-state index in [9.17, 15) is 20.1 Å². The third-order valence-corrected chi connectivity index (χ3v) is 6.59. The van der Waals surface area contributed by atoms with E-state index in [2.05, 4.69) is 6.92 Å². The van der Waals surface area contributed by atoms with E-state index in [-0.39, 0.29) is 13.0 Å². The van der Waals surface area contributed by atoms with E-state index in [0.717, 1.165) is 25.7 Å². The van der Waals surface area contributed by atoms with Gasteiger partial charge in [0.25, 0.3) is 0 Å². The molecule has 3 aliphatic rings. The second-order valence-electron chi connectivity index (χ2n) is 10.7. The molecule has 8 atom stereocenters. The maximum absolute atomic E-state index is 12.4. The minimum Gasteiger partial charge on any atom is -0.454 e. The summed E-state index contributed by atoms with van der Waals surface area (Å²) in [6, 6.07) is 0. The van der Waals surface area contributed by atoms with Gasteiger partial charge in [-0.2, -0.15) is 0 Å². The summed E-state index contributed by atoms with van der Waals surface area (Å²) in [5.41, 5.74) is 0. The van der Waals surface area contributed by atoms with Crippen LogP contribution >= 0.6 is 0 Å². The third kappa shape index (κ3) is 8.53. The summed E-state index contributed by atoms with van der Waals surface area (Å²) in [6.07, 6.45) is -3.52. The van der Waals surface area contributed by atoms with Gasteiger partial charge < -0.3 is 43.7 Å². The fourth-order valence-corrected chi connectivity index (χ4v) is 4.70. The Kier molecular flexibility index (Phi) is 11.1. The first-order valence-corrected chi connectivity index (χ1v) is 13.2. The average Bonchev–Trinajstić information content (AvgIpc) is 3.35. The predicted octanol–water partition coefficient (Wildman–Crippen LogP) is 1.32. The normalized spacial score (nSPS) is 37.1. The molecule has 3 saturated heterocycles. The van der Waals surface area contributed by atoms with Crippen molar-refractivity contribution >= 4 is 5.97 Å². The number of unbranched alkanes of at least 4 members (excludes halogenated alkanes) is 4. The Morgan fingerprint density at radius 3 is 2.32 bits per heavy atom. The Morgan fingerprint density at radius 1 is 0.946 bits per heavy atom. The van der Waals surface area contributed by atoms with Crippen molar-refractivity contribution in [2.45, 2.75) is 134 Å².